The van der Waals surface area contributed by atoms with Gasteiger partial charge >= 0.3 is 0 Å². The number of alkyl halides is 1. The molecule has 2 rings (SSSR count). The zero-order valence-corrected chi connectivity index (χ0v) is 12.1. The van der Waals surface area contributed by atoms with E-state index in [1.165, 1.54) is 30.3 Å². The summed E-state index contributed by atoms with van der Waals surface area (Å²) >= 11 is 9.01. The van der Waals surface area contributed by atoms with Crippen LogP contribution in [0, 0.1) is 11.6 Å². The molecule has 0 amide bonds. The van der Waals surface area contributed by atoms with Crippen molar-refractivity contribution in [2.75, 3.05) is 0 Å². The van der Waals surface area contributed by atoms with Crippen LogP contribution >= 0.6 is 27.5 Å². The summed E-state index contributed by atoms with van der Waals surface area (Å²) in [4.78, 5) is 0. The van der Waals surface area contributed by atoms with Crippen molar-refractivity contribution in [2.24, 2.45) is 0 Å². The maximum atomic E-state index is 13.7. The SMILES string of the molecule is Fc1ccc(Cl)cc1COc1ccc(CBr)cc1F. The molecule has 0 N–H and O–H groups in total. The lowest BCUT2D eigenvalue weighted by Gasteiger charge is -2.09. The minimum Gasteiger partial charge on any atom is -0.486 e. The van der Waals surface area contributed by atoms with Crippen LogP contribution in [-0.2, 0) is 11.9 Å². The second-order valence-corrected chi connectivity index (χ2v) is 4.92. The van der Waals surface area contributed by atoms with E-state index in [9.17, 15) is 8.78 Å². The molecule has 2 aromatic carbocycles. The topological polar surface area (TPSA) is 9.23 Å². The van der Waals surface area contributed by atoms with Gasteiger partial charge in [-0.15, -0.1) is 0 Å². The van der Waals surface area contributed by atoms with Crippen molar-refractivity contribution >= 4 is 27.5 Å². The molecule has 1 nitrogen and oxygen atoms in total. The maximum Gasteiger partial charge on any atom is 0.165 e. The molecule has 0 bridgehead atoms. The Labute approximate surface area is 123 Å². The number of hydrogen-bond donors (Lipinski definition) is 0. The van der Waals surface area contributed by atoms with Gasteiger partial charge in [0.05, 0.1) is 0 Å². The summed E-state index contributed by atoms with van der Waals surface area (Å²) in [6.07, 6.45) is 0. The molecule has 0 atom stereocenters. The van der Waals surface area contributed by atoms with Crippen molar-refractivity contribution in [3.05, 3.63) is 64.2 Å². The molecule has 0 saturated heterocycles. The zero-order valence-electron chi connectivity index (χ0n) is 9.80. The molecule has 0 unspecified atom stereocenters. The normalized spacial score (nSPS) is 10.5. The third kappa shape index (κ3) is 3.67. The minimum absolute atomic E-state index is 0.0724. The first-order chi connectivity index (χ1) is 9.10. The molecule has 0 aliphatic heterocycles. The molecule has 0 saturated carbocycles. The second kappa shape index (κ2) is 6.35. The highest BCUT2D eigenvalue weighted by atomic mass is 79.9. The quantitative estimate of drug-likeness (QED) is 0.700. The van der Waals surface area contributed by atoms with Gasteiger partial charge in [-0.25, -0.2) is 8.78 Å². The van der Waals surface area contributed by atoms with E-state index in [0.29, 0.717) is 10.4 Å². The van der Waals surface area contributed by atoms with Gasteiger partial charge in [-0.1, -0.05) is 33.6 Å². The summed E-state index contributed by atoms with van der Waals surface area (Å²) in [6.45, 7) is -0.0724. The lowest BCUT2D eigenvalue weighted by Crippen LogP contribution is -2.00. The van der Waals surface area contributed by atoms with Crippen LogP contribution in [0.3, 0.4) is 0 Å². The lowest BCUT2D eigenvalue weighted by atomic mass is 10.2. The molecule has 0 radical (unpaired) electrons. The summed E-state index contributed by atoms with van der Waals surface area (Å²) < 4.78 is 32.4. The summed E-state index contributed by atoms with van der Waals surface area (Å²) in [5.74, 6) is -0.814. The highest BCUT2D eigenvalue weighted by Gasteiger charge is 2.08. The Hall–Kier alpha value is -1.13. The minimum atomic E-state index is -0.473. The van der Waals surface area contributed by atoms with Crippen LogP contribution in [0.15, 0.2) is 36.4 Å². The van der Waals surface area contributed by atoms with Gasteiger partial charge in [0.15, 0.2) is 11.6 Å². The highest BCUT2D eigenvalue weighted by molar-refractivity contribution is 9.08. The van der Waals surface area contributed by atoms with E-state index in [1.54, 1.807) is 6.07 Å². The Balaban J connectivity index is 2.12. The largest absolute Gasteiger partial charge is 0.486 e. The first kappa shape index (κ1) is 14.3. The van der Waals surface area contributed by atoms with Crippen LogP contribution in [0.1, 0.15) is 11.1 Å². The molecule has 0 spiro atoms. The van der Waals surface area contributed by atoms with Crippen LogP contribution < -0.4 is 4.74 Å². The van der Waals surface area contributed by atoms with E-state index in [4.69, 9.17) is 16.3 Å². The number of ether oxygens (including phenoxy) is 1. The molecule has 0 heterocycles. The summed E-state index contributed by atoms with van der Waals surface area (Å²) in [5.41, 5.74) is 1.09. The van der Waals surface area contributed by atoms with E-state index >= 15 is 0 Å². The molecule has 0 fully saturated rings. The van der Waals surface area contributed by atoms with Crippen LogP contribution in [0.25, 0.3) is 0 Å². The number of hydrogen-bond acceptors (Lipinski definition) is 1. The van der Waals surface area contributed by atoms with E-state index in [0.717, 1.165) is 5.56 Å². The fraction of sp³-hybridized carbons (Fsp3) is 0.143. The fourth-order valence-electron chi connectivity index (χ4n) is 1.55. The number of halogens is 4. The van der Waals surface area contributed by atoms with Crippen molar-refractivity contribution in [3.8, 4) is 5.75 Å². The van der Waals surface area contributed by atoms with Gasteiger partial charge < -0.3 is 4.74 Å². The van der Waals surface area contributed by atoms with Gasteiger partial charge in [-0.3, -0.25) is 0 Å². The van der Waals surface area contributed by atoms with Crippen LogP contribution in [-0.4, -0.2) is 0 Å². The van der Waals surface area contributed by atoms with Crippen molar-refractivity contribution in [1.82, 2.24) is 0 Å². The molecular formula is C14H10BrClF2O. The Morgan fingerprint density at radius 1 is 1.05 bits per heavy atom. The smallest absolute Gasteiger partial charge is 0.165 e. The first-order valence-corrected chi connectivity index (χ1v) is 7.01. The molecule has 0 aliphatic rings. The fourth-order valence-corrected chi connectivity index (χ4v) is 2.10. The molecular weight excluding hydrogens is 338 g/mol. The third-order valence-electron chi connectivity index (χ3n) is 2.54. The Kier molecular flexibility index (Phi) is 4.77. The van der Waals surface area contributed by atoms with E-state index < -0.39 is 11.6 Å². The average Bonchev–Trinajstić information content (AvgIpc) is 2.40. The monoisotopic (exact) mass is 346 g/mol. The van der Waals surface area contributed by atoms with Gasteiger partial charge in [-0.05, 0) is 35.9 Å². The molecule has 0 aromatic heterocycles. The Morgan fingerprint density at radius 2 is 1.84 bits per heavy atom. The van der Waals surface area contributed by atoms with Crippen LogP contribution in [0.4, 0.5) is 8.78 Å². The summed E-state index contributed by atoms with van der Waals surface area (Å²) in [7, 11) is 0. The molecule has 2 aromatic rings. The number of benzene rings is 2. The van der Waals surface area contributed by atoms with Gasteiger partial charge in [0.2, 0.25) is 0 Å². The lowest BCUT2D eigenvalue weighted by molar-refractivity contribution is 0.284. The summed E-state index contributed by atoms with van der Waals surface area (Å²) in [6, 6.07) is 8.80. The molecule has 100 valence electrons. The summed E-state index contributed by atoms with van der Waals surface area (Å²) in [5, 5.41) is 0.975. The van der Waals surface area contributed by atoms with Crippen molar-refractivity contribution in [3.63, 3.8) is 0 Å². The van der Waals surface area contributed by atoms with E-state index in [2.05, 4.69) is 15.9 Å². The van der Waals surface area contributed by atoms with Gasteiger partial charge in [-0.2, -0.15) is 0 Å². The van der Waals surface area contributed by atoms with E-state index in [1.807, 2.05) is 0 Å². The Morgan fingerprint density at radius 3 is 2.53 bits per heavy atom. The van der Waals surface area contributed by atoms with Crippen molar-refractivity contribution in [2.45, 2.75) is 11.9 Å². The second-order valence-electron chi connectivity index (χ2n) is 3.92. The number of rotatable bonds is 4. The van der Waals surface area contributed by atoms with Crippen molar-refractivity contribution in [1.29, 1.82) is 0 Å². The predicted octanol–water partition coefficient (Wildman–Crippen LogP) is 5.09. The van der Waals surface area contributed by atoms with Crippen LogP contribution in [0.5, 0.6) is 5.75 Å². The standard InChI is InChI=1S/C14H10BrClF2O/c15-7-9-1-4-14(13(18)5-9)19-8-10-6-11(16)2-3-12(10)17/h1-6H,7-8H2. The van der Waals surface area contributed by atoms with Gasteiger partial charge in [0.1, 0.15) is 12.4 Å². The molecule has 5 heteroatoms. The zero-order chi connectivity index (χ0) is 13.8. The average molecular weight is 348 g/mol. The predicted molar refractivity (Wildman–Crippen MR) is 74.8 cm³/mol. The van der Waals surface area contributed by atoms with E-state index in [-0.39, 0.29) is 17.9 Å². The van der Waals surface area contributed by atoms with Gasteiger partial charge in [0, 0.05) is 15.9 Å². The van der Waals surface area contributed by atoms with Crippen molar-refractivity contribution < 1.29 is 13.5 Å². The third-order valence-corrected chi connectivity index (χ3v) is 3.42. The maximum absolute atomic E-state index is 13.7. The molecule has 0 aliphatic carbocycles. The highest BCUT2D eigenvalue weighted by Crippen LogP contribution is 2.22. The molecule has 19 heavy (non-hydrogen) atoms. The Bertz CT molecular complexity index is 590. The van der Waals surface area contributed by atoms with Crippen LogP contribution in [0.2, 0.25) is 5.02 Å². The first-order valence-electron chi connectivity index (χ1n) is 5.51. The van der Waals surface area contributed by atoms with Gasteiger partial charge in [0.25, 0.3) is 0 Å².